The molecule has 2 N–H and O–H groups in total. The predicted octanol–water partition coefficient (Wildman–Crippen LogP) is 1.37. The van der Waals surface area contributed by atoms with Crippen molar-refractivity contribution in [3.05, 3.63) is 16.3 Å². The number of thiophene rings is 1. The number of nitrogens with zero attached hydrogens (tertiary/aromatic N) is 1. The van der Waals surface area contributed by atoms with Gasteiger partial charge < -0.3 is 5.32 Å². The van der Waals surface area contributed by atoms with E-state index >= 15 is 0 Å². The van der Waals surface area contributed by atoms with Gasteiger partial charge in [-0.1, -0.05) is 6.92 Å². The molecule has 2 atom stereocenters. The molecule has 0 bridgehead atoms. The van der Waals surface area contributed by atoms with Gasteiger partial charge in [0, 0.05) is 30.1 Å². The van der Waals surface area contributed by atoms with E-state index in [0.29, 0.717) is 17.5 Å². The lowest BCUT2D eigenvalue weighted by molar-refractivity contribution is 0.309. The third kappa shape index (κ3) is 3.17. The molecule has 0 amide bonds. The molecule has 2 fully saturated rings. The summed E-state index contributed by atoms with van der Waals surface area (Å²) in [6.07, 6.45) is 3.23. The van der Waals surface area contributed by atoms with Crippen molar-refractivity contribution < 1.29 is 8.42 Å². The zero-order valence-corrected chi connectivity index (χ0v) is 14.0. The van der Waals surface area contributed by atoms with Crippen LogP contribution in [0.15, 0.2) is 16.3 Å². The Hall–Kier alpha value is -0.470. The summed E-state index contributed by atoms with van der Waals surface area (Å²) in [5.41, 5.74) is 0. The highest BCUT2D eigenvalue weighted by molar-refractivity contribution is 7.89. The first-order valence-electron chi connectivity index (χ1n) is 7.65. The average Bonchev–Trinajstić information content (AvgIpc) is 3.13. The zero-order valence-electron chi connectivity index (χ0n) is 12.3. The quantitative estimate of drug-likeness (QED) is 0.828. The smallest absolute Gasteiger partial charge is 0.242 e. The van der Waals surface area contributed by atoms with Crippen LogP contribution in [0.4, 0.5) is 0 Å². The maximum absolute atomic E-state index is 12.7. The Kier molecular flexibility index (Phi) is 4.66. The second kappa shape index (κ2) is 6.34. The number of fused-ring (bicyclic) bond motifs is 1. The van der Waals surface area contributed by atoms with Crippen LogP contribution < -0.4 is 10.0 Å². The van der Waals surface area contributed by atoms with Crippen molar-refractivity contribution in [1.82, 2.24) is 14.9 Å². The largest absolute Gasteiger partial charge is 0.312 e. The lowest BCUT2D eigenvalue weighted by Crippen LogP contribution is -2.42. The van der Waals surface area contributed by atoms with E-state index in [1.54, 1.807) is 6.07 Å². The Morgan fingerprint density at radius 1 is 1.38 bits per heavy atom. The maximum Gasteiger partial charge on any atom is 0.242 e. The normalized spacial score (nSPS) is 26.3. The van der Waals surface area contributed by atoms with E-state index < -0.39 is 10.0 Å². The topological polar surface area (TPSA) is 61.4 Å². The van der Waals surface area contributed by atoms with E-state index in [0.717, 1.165) is 37.4 Å². The van der Waals surface area contributed by atoms with Crippen LogP contribution in [0, 0.1) is 0 Å². The number of hydrogen-bond acceptors (Lipinski definition) is 5. The van der Waals surface area contributed by atoms with Gasteiger partial charge in [-0.2, -0.15) is 0 Å². The van der Waals surface area contributed by atoms with Gasteiger partial charge in [-0.05, 0) is 43.8 Å². The zero-order chi connectivity index (χ0) is 14.9. The van der Waals surface area contributed by atoms with Gasteiger partial charge in [-0.3, -0.25) is 4.90 Å². The van der Waals surface area contributed by atoms with Gasteiger partial charge in [-0.15, -0.1) is 11.3 Å². The summed E-state index contributed by atoms with van der Waals surface area (Å²) in [5, 5.41) is 5.06. The molecule has 3 rings (SSSR count). The fourth-order valence-corrected chi connectivity index (χ4v) is 6.14. The molecule has 2 unspecified atom stereocenters. The first kappa shape index (κ1) is 15.4. The number of nitrogens with one attached hydrogen (secondary N) is 2. The van der Waals surface area contributed by atoms with Gasteiger partial charge in [-0.25, -0.2) is 13.1 Å². The predicted molar refractivity (Wildman–Crippen MR) is 85.0 cm³/mol. The summed E-state index contributed by atoms with van der Waals surface area (Å²) in [6, 6.07) is 2.20. The van der Waals surface area contributed by atoms with Gasteiger partial charge in [0.1, 0.15) is 0 Å². The summed E-state index contributed by atoms with van der Waals surface area (Å²) in [6.45, 7) is 5.61. The van der Waals surface area contributed by atoms with Crippen LogP contribution in [0.25, 0.3) is 0 Å². The van der Waals surface area contributed by atoms with Crippen LogP contribution in [0.1, 0.15) is 31.1 Å². The molecule has 118 valence electrons. The highest BCUT2D eigenvalue weighted by Gasteiger charge is 2.39. The number of rotatable bonds is 6. The molecule has 7 heteroatoms. The summed E-state index contributed by atoms with van der Waals surface area (Å²) < 4.78 is 28.3. The second-order valence-electron chi connectivity index (χ2n) is 5.75. The summed E-state index contributed by atoms with van der Waals surface area (Å²) in [5.74, 6) is 0. The fraction of sp³-hybridized carbons (Fsp3) is 0.714. The van der Waals surface area contributed by atoms with Crippen molar-refractivity contribution in [1.29, 1.82) is 0 Å². The molecule has 0 spiro atoms. The number of sulfonamides is 1. The lowest BCUT2D eigenvalue weighted by atomic mass is 10.1. The van der Waals surface area contributed by atoms with Crippen molar-refractivity contribution >= 4 is 21.4 Å². The fourth-order valence-electron chi connectivity index (χ4n) is 3.42. The maximum atomic E-state index is 12.7. The average molecular weight is 329 g/mol. The molecule has 0 saturated carbocycles. The third-order valence-electron chi connectivity index (χ3n) is 4.44. The highest BCUT2D eigenvalue weighted by atomic mass is 32.2. The first-order chi connectivity index (χ1) is 10.1. The summed E-state index contributed by atoms with van der Waals surface area (Å²) in [4.78, 5) is 3.76. The molecule has 0 aliphatic carbocycles. The minimum atomic E-state index is -3.41. The van der Waals surface area contributed by atoms with Crippen LogP contribution in [-0.2, 0) is 16.6 Å². The van der Waals surface area contributed by atoms with Crippen molar-refractivity contribution in [2.75, 3.05) is 19.6 Å². The molecule has 0 aromatic carbocycles. The molecule has 1 aromatic heterocycles. The van der Waals surface area contributed by atoms with Crippen molar-refractivity contribution in [2.45, 2.75) is 49.7 Å². The van der Waals surface area contributed by atoms with Gasteiger partial charge in [0.25, 0.3) is 0 Å². The Balaban J connectivity index is 1.73. The molecule has 0 radical (unpaired) electrons. The van der Waals surface area contributed by atoms with Gasteiger partial charge >= 0.3 is 0 Å². The summed E-state index contributed by atoms with van der Waals surface area (Å²) in [7, 11) is -3.41. The lowest BCUT2D eigenvalue weighted by Gasteiger charge is -2.21. The van der Waals surface area contributed by atoms with Crippen molar-refractivity contribution in [2.24, 2.45) is 0 Å². The molecule has 3 heterocycles. The highest BCUT2D eigenvalue weighted by Crippen LogP contribution is 2.30. The van der Waals surface area contributed by atoms with Crippen LogP contribution in [0.3, 0.4) is 0 Å². The van der Waals surface area contributed by atoms with Gasteiger partial charge in [0.2, 0.25) is 10.0 Å². The summed E-state index contributed by atoms with van der Waals surface area (Å²) >= 11 is 1.50. The molecule has 1 aromatic rings. The van der Waals surface area contributed by atoms with Gasteiger partial charge in [0.15, 0.2) is 0 Å². The Bertz CT molecular complexity index is 585. The molecule has 5 nitrogen and oxygen atoms in total. The van der Waals surface area contributed by atoms with E-state index in [-0.39, 0.29) is 6.04 Å². The van der Waals surface area contributed by atoms with Crippen LogP contribution in [-0.4, -0.2) is 45.0 Å². The minimum absolute atomic E-state index is 0.0735. The first-order valence-corrected chi connectivity index (χ1v) is 10.0. The molecular weight excluding hydrogens is 306 g/mol. The van der Waals surface area contributed by atoms with E-state index in [9.17, 15) is 8.42 Å². The van der Waals surface area contributed by atoms with E-state index in [4.69, 9.17) is 0 Å². The van der Waals surface area contributed by atoms with Gasteiger partial charge in [0.05, 0.1) is 4.90 Å². The SMILES string of the molecule is CCNCc1sccc1S(=O)(=O)NC1CCN2CCCC12. The molecule has 2 aliphatic rings. The van der Waals surface area contributed by atoms with E-state index in [1.165, 1.54) is 17.8 Å². The molecule has 2 saturated heterocycles. The van der Waals surface area contributed by atoms with E-state index in [2.05, 4.69) is 14.9 Å². The second-order valence-corrected chi connectivity index (χ2v) is 8.43. The Morgan fingerprint density at radius 3 is 3.05 bits per heavy atom. The Morgan fingerprint density at radius 2 is 2.24 bits per heavy atom. The minimum Gasteiger partial charge on any atom is -0.312 e. The standard InChI is InChI=1S/C14H23N3O2S2/c1-2-15-10-13-14(6-9-20-13)21(18,19)16-11-5-8-17-7-3-4-12(11)17/h6,9,11-12,15-16H,2-5,7-8,10H2,1H3. The molecule has 2 aliphatic heterocycles. The van der Waals surface area contributed by atoms with Crippen LogP contribution in [0.2, 0.25) is 0 Å². The van der Waals surface area contributed by atoms with Crippen LogP contribution in [0.5, 0.6) is 0 Å². The van der Waals surface area contributed by atoms with Crippen molar-refractivity contribution in [3.8, 4) is 0 Å². The van der Waals surface area contributed by atoms with Crippen LogP contribution >= 0.6 is 11.3 Å². The monoisotopic (exact) mass is 329 g/mol. The van der Waals surface area contributed by atoms with E-state index in [1.807, 2.05) is 12.3 Å². The number of hydrogen-bond donors (Lipinski definition) is 2. The third-order valence-corrected chi connectivity index (χ3v) is 7.07. The Labute approximate surface area is 130 Å². The molecular formula is C14H23N3O2S2. The molecule has 21 heavy (non-hydrogen) atoms. The van der Waals surface area contributed by atoms with Crippen molar-refractivity contribution in [3.63, 3.8) is 0 Å².